The molecular weight excluding hydrogens is 488 g/mol. The zero-order valence-electron chi connectivity index (χ0n) is 21.9. The highest BCUT2D eigenvalue weighted by molar-refractivity contribution is 5.94. The molecule has 198 valence electrons. The summed E-state index contributed by atoms with van der Waals surface area (Å²) < 4.78 is 35.8. The summed E-state index contributed by atoms with van der Waals surface area (Å²) in [5.74, 6) is -0.384. The molecule has 0 unspecified atom stereocenters. The minimum absolute atomic E-state index is 0.258. The molecule has 2 aliphatic rings. The van der Waals surface area contributed by atoms with Gasteiger partial charge in [0.15, 0.2) is 11.6 Å². The maximum atomic E-state index is 14.3. The van der Waals surface area contributed by atoms with Gasteiger partial charge in [0.1, 0.15) is 11.6 Å². The number of aromatic nitrogens is 3. The Morgan fingerprint density at radius 2 is 1.76 bits per heavy atom. The first kappa shape index (κ1) is 24.6. The number of hydrogen-bond donors (Lipinski definition) is 0. The second-order valence-electron chi connectivity index (χ2n) is 10.5. The molecule has 1 aliphatic heterocycles. The maximum Gasteiger partial charge on any atom is 0.324 e. The van der Waals surface area contributed by atoms with Crippen molar-refractivity contribution < 1.29 is 18.1 Å². The molecule has 0 radical (unpaired) electrons. The van der Waals surface area contributed by atoms with Crippen LogP contribution < -0.4 is 4.90 Å². The molecule has 1 aliphatic carbocycles. The quantitative estimate of drug-likeness (QED) is 0.289. The van der Waals surface area contributed by atoms with Crippen molar-refractivity contribution in [3.05, 3.63) is 65.3 Å². The predicted molar refractivity (Wildman–Crippen MR) is 141 cm³/mol. The molecule has 9 heteroatoms. The first-order valence-corrected chi connectivity index (χ1v) is 13.3. The first-order chi connectivity index (χ1) is 18.3. The summed E-state index contributed by atoms with van der Waals surface area (Å²) in [6.45, 7) is 4.36. The van der Waals surface area contributed by atoms with E-state index in [2.05, 4.69) is 27.9 Å². The van der Waals surface area contributed by atoms with E-state index in [1.165, 1.54) is 12.5 Å². The fraction of sp³-hybridized carbons (Fsp3) is 0.414. The number of fused-ring (bicyclic) bond motifs is 1. The van der Waals surface area contributed by atoms with E-state index < -0.39 is 17.7 Å². The molecule has 0 bridgehead atoms. The summed E-state index contributed by atoms with van der Waals surface area (Å²) in [7, 11) is 1.73. The number of hydrogen-bond acceptors (Lipinski definition) is 4. The average molecular weight is 520 g/mol. The number of nitrogens with zero attached hydrogens (tertiary/aromatic N) is 5. The zero-order chi connectivity index (χ0) is 26.6. The molecule has 2 fully saturated rings. The lowest BCUT2D eigenvalue weighted by Gasteiger charge is -2.40. The standard InChI is InChI=1S/C29H31F2N5O2/c1-17-27(18(2)38-33-17)19-9-12-25-24(15-19)32-28(35(25)20-7-5-4-6-8-20)26-13-14-34(3)29(37)36(26)21-10-11-22(30)23(31)16-21/h9-12,15-16,20,26H,4-8,13-14H2,1-3H3/t26-/m0/s1. The number of amides is 2. The molecule has 1 saturated heterocycles. The first-order valence-electron chi connectivity index (χ1n) is 13.3. The van der Waals surface area contributed by atoms with Gasteiger partial charge in [0.05, 0.1) is 22.8 Å². The van der Waals surface area contributed by atoms with E-state index in [1.807, 2.05) is 13.8 Å². The molecule has 7 nitrogen and oxygen atoms in total. The molecule has 2 aromatic heterocycles. The summed E-state index contributed by atoms with van der Waals surface area (Å²) in [5.41, 5.74) is 4.92. The van der Waals surface area contributed by atoms with Crippen molar-refractivity contribution in [2.75, 3.05) is 18.5 Å². The second-order valence-corrected chi connectivity index (χ2v) is 10.5. The van der Waals surface area contributed by atoms with Gasteiger partial charge in [-0.2, -0.15) is 0 Å². The average Bonchev–Trinajstić information content (AvgIpc) is 3.46. The SMILES string of the molecule is Cc1noc(C)c1-c1ccc2c(c1)nc([C@@H]1CCN(C)C(=O)N1c1ccc(F)c(F)c1)n2C1CCCCC1. The van der Waals surface area contributed by atoms with Crippen LogP contribution in [0.1, 0.15) is 67.9 Å². The minimum atomic E-state index is -0.979. The third-order valence-electron chi connectivity index (χ3n) is 8.04. The number of imidazole rings is 1. The van der Waals surface area contributed by atoms with E-state index in [9.17, 15) is 13.6 Å². The van der Waals surface area contributed by atoms with Gasteiger partial charge >= 0.3 is 6.03 Å². The van der Waals surface area contributed by atoms with Crippen molar-refractivity contribution in [2.24, 2.45) is 0 Å². The third kappa shape index (κ3) is 4.04. The van der Waals surface area contributed by atoms with Gasteiger partial charge in [-0.1, -0.05) is 30.5 Å². The Balaban J connectivity index is 1.53. The highest BCUT2D eigenvalue weighted by Gasteiger charge is 2.38. The Hall–Kier alpha value is -3.75. The van der Waals surface area contributed by atoms with E-state index in [-0.39, 0.29) is 12.1 Å². The van der Waals surface area contributed by atoms with Gasteiger partial charge in [0, 0.05) is 37.0 Å². The molecular formula is C29H31F2N5O2. The van der Waals surface area contributed by atoms with Crippen LogP contribution in [0.15, 0.2) is 40.9 Å². The van der Waals surface area contributed by atoms with E-state index in [0.717, 1.165) is 77.3 Å². The van der Waals surface area contributed by atoms with Gasteiger partial charge in [0.25, 0.3) is 0 Å². The smallest absolute Gasteiger partial charge is 0.324 e. The van der Waals surface area contributed by atoms with Gasteiger partial charge in [-0.25, -0.2) is 18.6 Å². The van der Waals surface area contributed by atoms with Crippen LogP contribution >= 0.6 is 0 Å². The molecule has 1 saturated carbocycles. The zero-order valence-corrected chi connectivity index (χ0v) is 21.9. The van der Waals surface area contributed by atoms with E-state index in [0.29, 0.717) is 18.7 Å². The monoisotopic (exact) mass is 519 g/mol. The van der Waals surface area contributed by atoms with Gasteiger partial charge in [-0.05, 0) is 62.9 Å². The molecule has 38 heavy (non-hydrogen) atoms. The highest BCUT2D eigenvalue weighted by Crippen LogP contribution is 2.41. The van der Waals surface area contributed by atoms with Crippen molar-refractivity contribution in [3.63, 3.8) is 0 Å². The van der Waals surface area contributed by atoms with Crippen molar-refractivity contribution in [1.82, 2.24) is 19.6 Å². The Kier molecular flexibility index (Phi) is 6.16. The lowest BCUT2D eigenvalue weighted by atomic mass is 9.94. The maximum absolute atomic E-state index is 14.3. The van der Waals surface area contributed by atoms with Crippen LogP contribution in [0.25, 0.3) is 22.2 Å². The number of rotatable bonds is 4. The van der Waals surface area contributed by atoms with Gasteiger partial charge in [-0.15, -0.1) is 0 Å². The van der Waals surface area contributed by atoms with Crippen LogP contribution in [-0.2, 0) is 0 Å². The topological polar surface area (TPSA) is 67.4 Å². The van der Waals surface area contributed by atoms with Crippen LogP contribution in [0.5, 0.6) is 0 Å². The number of halogens is 2. The Morgan fingerprint density at radius 3 is 2.47 bits per heavy atom. The molecule has 6 rings (SSSR count). The molecule has 3 heterocycles. The second kappa shape index (κ2) is 9.53. The largest absolute Gasteiger partial charge is 0.361 e. The summed E-state index contributed by atoms with van der Waals surface area (Å²) in [5, 5.41) is 4.11. The van der Waals surface area contributed by atoms with E-state index in [1.54, 1.807) is 16.8 Å². The number of aryl methyl sites for hydroxylation is 2. The summed E-state index contributed by atoms with van der Waals surface area (Å²) in [6.07, 6.45) is 6.18. The fourth-order valence-electron chi connectivity index (χ4n) is 6.15. The lowest BCUT2D eigenvalue weighted by Crippen LogP contribution is -2.50. The van der Waals surface area contributed by atoms with Gasteiger partial charge in [0.2, 0.25) is 0 Å². The predicted octanol–water partition coefficient (Wildman–Crippen LogP) is 7.09. The van der Waals surface area contributed by atoms with Crippen molar-refractivity contribution in [3.8, 4) is 11.1 Å². The molecule has 0 N–H and O–H groups in total. The van der Waals surface area contributed by atoms with Crippen LogP contribution in [0.3, 0.4) is 0 Å². The van der Waals surface area contributed by atoms with Gasteiger partial charge in [-0.3, -0.25) is 4.90 Å². The van der Waals surface area contributed by atoms with Crippen molar-refractivity contribution >= 4 is 22.8 Å². The molecule has 1 atom stereocenters. The van der Waals surface area contributed by atoms with Crippen molar-refractivity contribution in [2.45, 2.75) is 64.5 Å². The lowest BCUT2D eigenvalue weighted by molar-refractivity contribution is 0.197. The van der Waals surface area contributed by atoms with Crippen molar-refractivity contribution in [1.29, 1.82) is 0 Å². The highest BCUT2D eigenvalue weighted by atomic mass is 19.2. The van der Waals surface area contributed by atoms with Gasteiger partial charge < -0.3 is 14.0 Å². The normalized spacial score (nSPS) is 19.1. The number of carbonyl (C=O) groups excluding carboxylic acids is 1. The molecule has 4 aromatic rings. The minimum Gasteiger partial charge on any atom is -0.361 e. The Morgan fingerprint density at radius 1 is 0.974 bits per heavy atom. The molecule has 2 aromatic carbocycles. The molecule has 0 spiro atoms. The summed E-state index contributed by atoms with van der Waals surface area (Å²) in [4.78, 5) is 21.8. The van der Waals surface area contributed by atoms with Crippen LogP contribution in [0.2, 0.25) is 0 Å². The Labute approximate surface area is 220 Å². The van der Waals surface area contributed by atoms with Crippen LogP contribution in [0.4, 0.5) is 19.3 Å². The Bertz CT molecular complexity index is 1500. The summed E-state index contributed by atoms with van der Waals surface area (Å²) in [6, 6.07) is 9.45. The number of anilines is 1. The van der Waals surface area contributed by atoms with Crippen LogP contribution in [0, 0.1) is 25.5 Å². The summed E-state index contributed by atoms with van der Waals surface area (Å²) >= 11 is 0. The van der Waals surface area contributed by atoms with E-state index in [4.69, 9.17) is 9.51 Å². The number of urea groups is 1. The van der Waals surface area contributed by atoms with Crippen LogP contribution in [-0.4, -0.2) is 39.2 Å². The third-order valence-corrected chi connectivity index (χ3v) is 8.04. The molecule has 2 amide bonds. The number of carbonyl (C=O) groups is 1. The fourth-order valence-corrected chi connectivity index (χ4v) is 6.15. The number of benzene rings is 2. The van der Waals surface area contributed by atoms with E-state index >= 15 is 0 Å².